The predicted octanol–water partition coefficient (Wildman–Crippen LogP) is 5.67. The van der Waals surface area contributed by atoms with E-state index >= 15 is 0 Å². The molecule has 0 saturated carbocycles. The minimum atomic E-state index is -0.269. The minimum Gasteiger partial charge on any atom is -0.403 e. The van der Waals surface area contributed by atoms with E-state index in [1.54, 1.807) is 0 Å². The zero-order valence-electron chi connectivity index (χ0n) is 15.2. The van der Waals surface area contributed by atoms with Crippen LogP contribution in [0.2, 0.25) is 0 Å². The molecular formula is C19H30BBrO2. The number of halogens is 1. The molecule has 0 radical (unpaired) electrons. The second-order valence-corrected chi connectivity index (χ2v) is 8.42. The second kappa shape index (κ2) is 7.71. The van der Waals surface area contributed by atoms with Crippen LogP contribution >= 0.6 is 15.9 Å². The Hall–Kier alpha value is -0.315. The fourth-order valence-electron chi connectivity index (χ4n) is 3.13. The average molecular weight is 381 g/mol. The number of hydrogen-bond acceptors (Lipinski definition) is 2. The van der Waals surface area contributed by atoms with E-state index in [4.69, 9.17) is 9.31 Å². The van der Waals surface area contributed by atoms with E-state index < -0.39 is 0 Å². The molecule has 1 aliphatic rings. The van der Waals surface area contributed by atoms with Crippen LogP contribution in [0, 0.1) is 6.92 Å². The minimum absolute atomic E-state index is 0.162. The number of unbranched alkanes of at least 4 members (excludes halogenated alkanes) is 2. The van der Waals surface area contributed by atoms with Crippen LogP contribution in [0.4, 0.5) is 0 Å². The number of rotatable bonds is 7. The fraction of sp³-hybridized carbons (Fsp3) is 0.684. The fourth-order valence-corrected chi connectivity index (χ4v) is 3.53. The molecule has 4 heteroatoms. The summed E-state index contributed by atoms with van der Waals surface area (Å²) >= 11 is 3.52. The number of aryl methyl sites for hydroxylation is 1. The number of benzene rings is 1. The smallest absolute Gasteiger partial charge is 0.403 e. The van der Waals surface area contributed by atoms with Crippen LogP contribution in [0.15, 0.2) is 24.3 Å². The van der Waals surface area contributed by atoms with Crippen LogP contribution in [-0.2, 0) is 9.31 Å². The molecule has 0 aliphatic carbocycles. The Morgan fingerprint density at radius 2 is 1.61 bits per heavy atom. The number of alkyl halides is 1. The van der Waals surface area contributed by atoms with Gasteiger partial charge in [-0.1, -0.05) is 53.0 Å². The zero-order chi connectivity index (χ0) is 17.1. The summed E-state index contributed by atoms with van der Waals surface area (Å²) in [7, 11) is -0.162. The molecule has 128 valence electrons. The van der Waals surface area contributed by atoms with Gasteiger partial charge in [0.05, 0.1) is 11.2 Å². The molecule has 1 heterocycles. The summed E-state index contributed by atoms with van der Waals surface area (Å²) in [6.45, 7) is 10.7. The first-order chi connectivity index (χ1) is 10.8. The van der Waals surface area contributed by atoms with Crippen molar-refractivity contribution < 1.29 is 9.31 Å². The van der Waals surface area contributed by atoms with Gasteiger partial charge in [-0.15, -0.1) is 0 Å². The van der Waals surface area contributed by atoms with Crippen LogP contribution in [0.3, 0.4) is 0 Å². The molecule has 2 rings (SSSR count). The van der Waals surface area contributed by atoms with Crippen LogP contribution in [0.5, 0.6) is 0 Å². The molecule has 0 unspecified atom stereocenters. The van der Waals surface area contributed by atoms with Gasteiger partial charge in [0.2, 0.25) is 0 Å². The predicted molar refractivity (Wildman–Crippen MR) is 102 cm³/mol. The summed E-state index contributed by atoms with van der Waals surface area (Å²) in [5, 5.41) is 1.08. The zero-order valence-corrected chi connectivity index (χ0v) is 16.8. The summed E-state index contributed by atoms with van der Waals surface area (Å²) in [5.74, 6) is 0.299. The topological polar surface area (TPSA) is 18.5 Å². The van der Waals surface area contributed by atoms with Gasteiger partial charge in [-0.2, -0.15) is 0 Å². The van der Waals surface area contributed by atoms with Crippen molar-refractivity contribution in [3.63, 3.8) is 0 Å². The van der Waals surface area contributed by atoms with Gasteiger partial charge in [0.1, 0.15) is 0 Å². The molecule has 2 nitrogen and oxygen atoms in total. The van der Waals surface area contributed by atoms with Gasteiger partial charge in [-0.25, -0.2) is 0 Å². The molecule has 1 atom stereocenters. The summed E-state index contributed by atoms with van der Waals surface area (Å²) in [5.41, 5.74) is 2.15. The highest BCUT2D eigenvalue weighted by atomic mass is 79.9. The molecule has 0 spiro atoms. The van der Waals surface area contributed by atoms with Crippen molar-refractivity contribution in [2.45, 2.75) is 77.3 Å². The van der Waals surface area contributed by atoms with E-state index in [9.17, 15) is 0 Å². The van der Waals surface area contributed by atoms with Crippen LogP contribution < -0.4 is 0 Å². The lowest BCUT2D eigenvalue weighted by atomic mass is 9.64. The summed E-state index contributed by atoms with van der Waals surface area (Å²) < 4.78 is 12.7. The molecule has 0 amide bonds. The molecule has 23 heavy (non-hydrogen) atoms. The van der Waals surface area contributed by atoms with E-state index in [0.29, 0.717) is 5.82 Å². The quantitative estimate of drug-likeness (QED) is 0.345. The summed E-state index contributed by atoms with van der Waals surface area (Å²) in [6, 6.07) is 8.64. The maximum absolute atomic E-state index is 6.36. The van der Waals surface area contributed by atoms with Crippen LogP contribution in [-0.4, -0.2) is 23.7 Å². The lowest BCUT2D eigenvalue weighted by Gasteiger charge is -2.32. The third-order valence-electron chi connectivity index (χ3n) is 5.34. The molecule has 1 saturated heterocycles. The Labute approximate surface area is 150 Å². The molecule has 1 aromatic carbocycles. The third kappa shape index (κ3) is 4.40. The van der Waals surface area contributed by atoms with Crippen LogP contribution in [0.25, 0.3) is 0 Å². The second-order valence-electron chi connectivity index (χ2n) is 7.63. The largest absolute Gasteiger partial charge is 0.465 e. The highest BCUT2D eigenvalue weighted by Crippen LogP contribution is 2.42. The highest BCUT2D eigenvalue weighted by Gasteiger charge is 2.53. The average Bonchev–Trinajstić information content (AvgIpc) is 2.68. The van der Waals surface area contributed by atoms with E-state index in [1.165, 1.54) is 30.4 Å². The van der Waals surface area contributed by atoms with Gasteiger partial charge in [0.25, 0.3) is 0 Å². The van der Waals surface area contributed by atoms with Crippen molar-refractivity contribution in [1.29, 1.82) is 0 Å². The Bertz CT molecular complexity index is 500. The normalized spacial score (nSPS) is 20.7. The van der Waals surface area contributed by atoms with Gasteiger partial charge in [-0.05, 0) is 58.6 Å². The summed E-state index contributed by atoms with van der Waals surface area (Å²) in [4.78, 5) is 0. The first-order valence-corrected chi connectivity index (χ1v) is 9.88. The van der Waals surface area contributed by atoms with Crippen molar-refractivity contribution in [1.82, 2.24) is 0 Å². The van der Waals surface area contributed by atoms with E-state index in [1.807, 2.05) is 0 Å². The molecule has 0 aromatic heterocycles. The van der Waals surface area contributed by atoms with Crippen molar-refractivity contribution in [2.24, 2.45) is 0 Å². The Morgan fingerprint density at radius 1 is 1.00 bits per heavy atom. The summed E-state index contributed by atoms with van der Waals surface area (Å²) in [6.07, 6.45) is 4.78. The Balaban J connectivity index is 2.19. The van der Waals surface area contributed by atoms with Crippen molar-refractivity contribution >= 4 is 23.0 Å². The van der Waals surface area contributed by atoms with Crippen molar-refractivity contribution in [3.8, 4) is 0 Å². The van der Waals surface area contributed by atoms with Gasteiger partial charge in [0, 0.05) is 11.1 Å². The maximum atomic E-state index is 6.36. The first kappa shape index (κ1) is 19.0. The van der Waals surface area contributed by atoms with Gasteiger partial charge in [0.15, 0.2) is 0 Å². The number of hydrogen-bond donors (Lipinski definition) is 0. The third-order valence-corrected chi connectivity index (χ3v) is 5.90. The molecular weight excluding hydrogens is 351 g/mol. The van der Waals surface area contributed by atoms with Crippen LogP contribution in [0.1, 0.15) is 70.3 Å². The SMILES string of the molecule is Cc1ccccc1[C@@H](CCCCCBr)B1OC(C)(C)C(C)(C)O1. The molecule has 0 bridgehead atoms. The van der Waals surface area contributed by atoms with E-state index in [-0.39, 0.29) is 18.3 Å². The van der Waals surface area contributed by atoms with Gasteiger partial charge in [-0.3, -0.25) is 0 Å². The molecule has 0 N–H and O–H groups in total. The molecule has 1 fully saturated rings. The Morgan fingerprint density at radius 3 is 2.17 bits per heavy atom. The van der Waals surface area contributed by atoms with Crippen molar-refractivity contribution in [3.05, 3.63) is 35.4 Å². The van der Waals surface area contributed by atoms with E-state index in [2.05, 4.69) is 74.8 Å². The molecule has 1 aliphatic heterocycles. The lowest BCUT2D eigenvalue weighted by molar-refractivity contribution is 0.00578. The first-order valence-electron chi connectivity index (χ1n) is 8.75. The standard InChI is InChI=1S/C19H30BBrO2/c1-15-11-8-9-12-16(15)17(13-7-6-10-14-21)20-22-18(2,3)19(4,5)23-20/h8-9,11-12,17H,6-7,10,13-14H2,1-5H3/t17-/m1/s1. The van der Waals surface area contributed by atoms with Gasteiger partial charge < -0.3 is 9.31 Å². The van der Waals surface area contributed by atoms with Crippen molar-refractivity contribution in [2.75, 3.05) is 5.33 Å². The van der Waals surface area contributed by atoms with E-state index in [0.717, 1.165) is 11.8 Å². The Kier molecular flexibility index (Phi) is 6.38. The lowest BCUT2D eigenvalue weighted by Crippen LogP contribution is -2.41. The highest BCUT2D eigenvalue weighted by molar-refractivity contribution is 9.09. The molecule has 1 aromatic rings. The maximum Gasteiger partial charge on any atom is 0.465 e. The monoisotopic (exact) mass is 380 g/mol. The van der Waals surface area contributed by atoms with Gasteiger partial charge >= 0.3 is 7.12 Å².